The summed E-state index contributed by atoms with van der Waals surface area (Å²) in [6.45, 7) is 5.28. The van der Waals surface area contributed by atoms with E-state index in [1.54, 1.807) is 18.0 Å². The quantitative estimate of drug-likeness (QED) is 0.723. The van der Waals surface area contributed by atoms with E-state index in [0.29, 0.717) is 18.0 Å². The molecule has 124 valence electrons. The molecule has 6 nitrogen and oxygen atoms in total. The van der Waals surface area contributed by atoms with Gasteiger partial charge < -0.3 is 9.42 Å². The number of nitrogens with zero attached hydrogens (tertiary/aromatic N) is 4. The highest BCUT2D eigenvalue weighted by atomic mass is 16.5. The lowest BCUT2D eigenvalue weighted by atomic mass is 10.1. The Morgan fingerprint density at radius 1 is 1.25 bits per heavy atom. The molecule has 0 fully saturated rings. The highest BCUT2D eigenvalue weighted by Crippen LogP contribution is 2.21. The number of rotatable bonds is 5. The Bertz CT molecular complexity index is 833. The van der Waals surface area contributed by atoms with Crippen LogP contribution in [0.25, 0.3) is 11.3 Å². The van der Waals surface area contributed by atoms with Crippen molar-refractivity contribution in [2.45, 2.75) is 26.9 Å². The summed E-state index contributed by atoms with van der Waals surface area (Å²) in [5, 5.41) is 8.29. The topological polar surface area (TPSA) is 64.2 Å². The molecule has 0 unspecified atom stereocenters. The van der Waals surface area contributed by atoms with Crippen LogP contribution in [-0.2, 0) is 13.1 Å². The van der Waals surface area contributed by atoms with Crippen molar-refractivity contribution in [2.24, 2.45) is 0 Å². The van der Waals surface area contributed by atoms with Gasteiger partial charge in [-0.05, 0) is 19.9 Å². The maximum Gasteiger partial charge on any atom is 0.276 e. The molecule has 3 rings (SSSR count). The molecule has 2 heterocycles. The molecular formula is C18H20N4O2. The normalized spacial score (nSPS) is 10.8. The summed E-state index contributed by atoms with van der Waals surface area (Å²) in [7, 11) is 1.73. The summed E-state index contributed by atoms with van der Waals surface area (Å²) in [5.41, 5.74) is 3.20. The first kappa shape index (κ1) is 16.0. The van der Waals surface area contributed by atoms with Gasteiger partial charge in [0, 0.05) is 31.4 Å². The molecule has 0 aliphatic rings. The molecule has 6 heteroatoms. The minimum Gasteiger partial charge on any atom is -0.355 e. The number of aromatic nitrogens is 3. The van der Waals surface area contributed by atoms with Gasteiger partial charge in [-0.3, -0.25) is 9.48 Å². The van der Waals surface area contributed by atoms with Gasteiger partial charge in [0.05, 0.1) is 12.2 Å². The Kier molecular flexibility index (Phi) is 4.46. The Morgan fingerprint density at radius 3 is 2.67 bits per heavy atom. The summed E-state index contributed by atoms with van der Waals surface area (Å²) in [6.07, 6.45) is 1.90. The van der Waals surface area contributed by atoms with Crippen LogP contribution in [-0.4, -0.2) is 32.8 Å². The Balaban J connectivity index is 1.71. The first-order chi connectivity index (χ1) is 11.6. The molecule has 1 aromatic carbocycles. The molecule has 0 atom stereocenters. The number of hydrogen-bond acceptors (Lipinski definition) is 4. The third-order valence-electron chi connectivity index (χ3n) is 3.83. The maximum absolute atomic E-state index is 12.5. The van der Waals surface area contributed by atoms with E-state index in [1.807, 2.05) is 55.1 Å². The van der Waals surface area contributed by atoms with E-state index in [9.17, 15) is 4.79 Å². The summed E-state index contributed by atoms with van der Waals surface area (Å²) in [6, 6.07) is 11.5. The summed E-state index contributed by atoms with van der Waals surface area (Å²) < 4.78 is 7.15. The lowest BCUT2D eigenvalue weighted by Crippen LogP contribution is -2.26. The van der Waals surface area contributed by atoms with E-state index in [1.165, 1.54) is 5.56 Å². The van der Waals surface area contributed by atoms with Gasteiger partial charge in [-0.2, -0.15) is 5.10 Å². The third kappa shape index (κ3) is 3.37. The average Bonchev–Trinajstić information content (AvgIpc) is 3.24. The van der Waals surface area contributed by atoms with Crippen LogP contribution in [0.3, 0.4) is 0 Å². The van der Waals surface area contributed by atoms with Crippen LogP contribution in [0.2, 0.25) is 0 Å². The molecule has 3 aromatic rings. The lowest BCUT2D eigenvalue weighted by molar-refractivity contribution is 0.0773. The summed E-state index contributed by atoms with van der Waals surface area (Å²) >= 11 is 0. The molecule has 0 radical (unpaired) electrons. The first-order valence-electron chi connectivity index (χ1n) is 7.88. The first-order valence-corrected chi connectivity index (χ1v) is 7.88. The molecule has 1 amide bonds. The molecule has 0 spiro atoms. The van der Waals surface area contributed by atoms with Gasteiger partial charge in [-0.15, -0.1) is 0 Å². The molecule has 0 aliphatic heterocycles. The van der Waals surface area contributed by atoms with Crippen LogP contribution in [0.5, 0.6) is 0 Å². The van der Waals surface area contributed by atoms with Crippen molar-refractivity contribution in [1.29, 1.82) is 0 Å². The van der Waals surface area contributed by atoms with Crippen molar-refractivity contribution in [3.8, 4) is 11.3 Å². The standard InChI is InChI=1S/C18H20N4O2/c1-4-22-10-9-15(19-22)12-21(3)18(23)16-11-17(24-20-16)14-7-5-13(2)6-8-14/h5-11H,4,12H2,1-3H3. The van der Waals surface area contributed by atoms with Crippen LogP contribution in [0, 0.1) is 6.92 Å². The van der Waals surface area contributed by atoms with Gasteiger partial charge in [0.15, 0.2) is 11.5 Å². The van der Waals surface area contributed by atoms with E-state index in [-0.39, 0.29) is 5.91 Å². The molecule has 0 aliphatic carbocycles. The third-order valence-corrected chi connectivity index (χ3v) is 3.83. The predicted molar refractivity (Wildman–Crippen MR) is 90.4 cm³/mol. The summed E-state index contributed by atoms with van der Waals surface area (Å²) in [5.74, 6) is 0.394. The van der Waals surface area contributed by atoms with Crippen molar-refractivity contribution in [2.75, 3.05) is 7.05 Å². The fourth-order valence-corrected chi connectivity index (χ4v) is 2.40. The van der Waals surface area contributed by atoms with Crippen LogP contribution in [0.4, 0.5) is 0 Å². The van der Waals surface area contributed by atoms with E-state index >= 15 is 0 Å². The van der Waals surface area contributed by atoms with E-state index in [0.717, 1.165) is 17.8 Å². The minimum absolute atomic E-state index is 0.192. The second-order valence-electron chi connectivity index (χ2n) is 5.77. The largest absolute Gasteiger partial charge is 0.355 e. The molecule has 0 N–H and O–H groups in total. The average molecular weight is 324 g/mol. The van der Waals surface area contributed by atoms with Crippen molar-refractivity contribution in [3.05, 3.63) is 59.5 Å². The smallest absolute Gasteiger partial charge is 0.276 e. The van der Waals surface area contributed by atoms with Crippen LogP contribution < -0.4 is 0 Å². The van der Waals surface area contributed by atoms with E-state index in [2.05, 4.69) is 10.3 Å². The minimum atomic E-state index is -0.192. The second-order valence-corrected chi connectivity index (χ2v) is 5.77. The number of benzene rings is 1. The van der Waals surface area contributed by atoms with Gasteiger partial charge in [0.25, 0.3) is 5.91 Å². The predicted octanol–water partition coefficient (Wildman–Crippen LogP) is 3.14. The molecule has 24 heavy (non-hydrogen) atoms. The van der Waals surface area contributed by atoms with Crippen molar-refractivity contribution < 1.29 is 9.32 Å². The highest BCUT2D eigenvalue weighted by molar-refractivity contribution is 5.92. The van der Waals surface area contributed by atoms with Crippen molar-refractivity contribution in [3.63, 3.8) is 0 Å². The van der Waals surface area contributed by atoms with Crippen LogP contribution >= 0.6 is 0 Å². The maximum atomic E-state index is 12.5. The number of carbonyl (C=O) groups excluding carboxylic acids is 1. The number of carbonyl (C=O) groups is 1. The lowest BCUT2D eigenvalue weighted by Gasteiger charge is -2.13. The van der Waals surface area contributed by atoms with Gasteiger partial charge in [-0.1, -0.05) is 35.0 Å². The van der Waals surface area contributed by atoms with Crippen LogP contribution in [0.1, 0.15) is 28.7 Å². The molecule has 0 saturated carbocycles. The fourth-order valence-electron chi connectivity index (χ4n) is 2.40. The number of hydrogen-bond donors (Lipinski definition) is 0. The number of amides is 1. The van der Waals surface area contributed by atoms with Crippen molar-refractivity contribution >= 4 is 5.91 Å². The van der Waals surface area contributed by atoms with E-state index < -0.39 is 0 Å². The van der Waals surface area contributed by atoms with E-state index in [4.69, 9.17) is 4.52 Å². The monoisotopic (exact) mass is 324 g/mol. The highest BCUT2D eigenvalue weighted by Gasteiger charge is 2.18. The fraction of sp³-hybridized carbons (Fsp3) is 0.278. The van der Waals surface area contributed by atoms with Crippen molar-refractivity contribution in [1.82, 2.24) is 19.8 Å². The Hall–Kier alpha value is -2.89. The Labute approximate surface area is 140 Å². The van der Waals surface area contributed by atoms with Gasteiger partial charge >= 0.3 is 0 Å². The van der Waals surface area contributed by atoms with Gasteiger partial charge in [0.1, 0.15) is 0 Å². The second kappa shape index (κ2) is 6.70. The van der Waals surface area contributed by atoms with Gasteiger partial charge in [0.2, 0.25) is 0 Å². The Morgan fingerprint density at radius 2 is 2.00 bits per heavy atom. The molecule has 2 aromatic heterocycles. The molecule has 0 saturated heterocycles. The van der Waals surface area contributed by atoms with Gasteiger partial charge in [-0.25, -0.2) is 0 Å². The zero-order valence-corrected chi connectivity index (χ0v) is 14.1. The SMILES string of the molecule is CCn1ccc(CN(C)C(=O)c2cc(-c3ccc(C)cc3)on2)n1. The summed E-state index contributed by atoms with van der Waals surface area (Å²) in [4.78, 5) is 14.1. The zero-order valence-electron chi connectivity index (χ0n) is 14.1. The molecular weight excluding hydrogens is 304 g/mol. The molecule has 0 bridgehead atoms. The van der Waals surface area contributed by atoms with Crippen LogP contribution in [0.15, 0.2) is 47.1 Å². The number of aryl methyl sites for hydroxylation is 2. The zero-order chi connectivity index (χ0) is 17.1.